The molecule has 3 rings (SSSR count). The Labute approximate surface area is 111 Å². The maximum atomic E-state index is 12.4. The average molecular weight is 260 g/mol. The molecule has 5 nitrogen and oxygen atoms in total. The van der Waals surface area contributed by atoms with Gasteiger partial charge in [-0.25, -0.2) is 4.79 Å². The zero-order valence-corrected chi connectivity index (χ0v) is 10.6. The standard InChI is InChI=1S/C14H16N2O3/c17-13(11-5-4-10(8-15-11)14(18)19)16-7-6-9-2-1-3-12(9)16/h4-5,8-9,12H,1-3,6-7H2,(H,18,19). The molecule has 0 spiro atoms. The quantitative estimate of drug-likeness (QED) is 0.880. The van der Waals surface area contributed by atoms with Crippen LogP contribution in [0.4, 0.5) is 0 Å². The van der Waals surface area contributed by atoms with Gasteiger partial charge in [0.25, 0.3) is 5.91 Å². The van der Waals surface area contributed by atoms with E-state index in [1.165, 1.54) is 31.2 Å². The van der Waals surface area contributed by atoms with E-state index >= 15 is 0 Å². The number of aromatic carboxylic acids is 1. The predicted molar refractivity (Wildman–Crippen MR) is 68.0 cm³/mol. The number of carboxylic acids is 1. The second kappa shape index (κ2) is 4.64. The topological polar surface area (TPSA) is 70.5 Å². The Kier molecular flexibility index (Phi) is 2.97. The summed E-state index contributed by atoms with van der Waals surface area (Å²) in [6.07, 6.45) is 5.84. The minimum absolute atomic E-state index is 0.0636. The number of amides is 1. The van der Waals surface area contributed by atoms with Crippen LogP contribution >= 0.6 is 0 Å². The van der Waals surface area contributed by atoms with Gasteiger partial charge in [0.2, 0.25) is 0 Å². The number of likely N-dealkylation sites (tertiary alicyclic amines) is 1. The number of carboxylic acid groups (broad SMARTS) is 1. The smallest absolute Gasteiger partial charge is 0.337 e. The summed E-state index contributed by atoms with van der Waals surface area (Å²) in [6.45, 7) is 0.802. The van der Waals surface area contributed by atoms with E-state index in [4.69, 9.17) is 5.11 Å². The minimum atomic E-state index is -1.02. The first-order valence-corrected chi connectivity index (χ1v) is 6.67. The van der Waals surface area contributed by atoms with E-state index in [1.54, 1.807) is 0 Å². The zero-order valence-electron chi connectivity index (χ0n) is 10.6. The van der Waals surface area contributed by atoms with Gasteiger partial charge in [-0.05, 0) is 37.3 Å². The van der Waals surface area contributed by atoms with Crippen molar-refractivity contribution in [2.45, 2.75) is 31.7 Å². The van der Waals surface area contributed by atoms with E-state index in [0.29, 0.717) is 17.7 Å². The average Bonchev–Trinajstić information content (AvgIpc) is 3.00. The second-order valence-electron chi connectivity index (χ2n) is 5.28. The SMILES string of the molecule is O=C(O)c1ccc(C(=O)N2CCC3CCCC32)nc1. The summed E-state index contributed by atoms with van der Waals surface area (Å²) in [5, 5.41) is 8.81. The van der Waals surface area contributed by atoms with Crippen LogP contribution in [0.3, 0.4) is 0 Å². The summed E-state index contributed by atoms with van der Waals surface area (Å²) in [4.78, 5) is 29.0. The Morgan fingerprint density at radius 3 is 2.79 bits per heavy atom. The van der Waals surface area contributed by atoms with E-state index in [0.717, 1.165) is 19.4 Å². The first-order chi connectivity index (χ1) is 9.16. The van der Waals surface area contributed by atoms with Gasteiger partial charge in [-0.1, -0.05) is 6.42 Å². The van der Waals surface area contributed by atoms with E-state index in [1.807, 2.05) is 4.90 Å². The van der Waals surface area contributed by atoms with Crippen molar-refractivity contribution >= 4 is 11.9 Å². The molecule has 0 aromatic carbocycles. The summed E-state index contributed by atoms with van der Waals surface area (Å²) in [6, 6.07) is 3.31. The van der Waals surface area contributed by atoms with Crippen molar-refractivity contribution in [3.63, 3.8) is 0 Å². The summed E-state index contributed by atoms with van der Waals surface area (Å²) in [7, 11) is 0. The molecule has 1 aliphatic heterocycles. The van der Waals surface area contributed by atoms with Crippen LogP contribution in [-0.4, -0.2) is 39.5 Å². The summed E-state index contributed by atoms with van der Waals surface area (Å²) >= 11 is 0. The fraction of sp³-hybridized carbons (Fsp3) is 0.500. The Hall–Kier alpha value is -1.91. The molecular weight excluding hydrogens is 244 g/mol. The molecule has 100 valence electrons. The molecule has 0 bridgehead atoms. The van der Waals surface area contributed by atoms with Crippen LogP contribution in [0.5, 0.6) is 0 Å². The number of carbonyl (C=O) groups excluding carboxylic acids is 1. The number of hydrogen-bond donors (Lipinski definition) is 1. The van der Waals surface area contributed by atoms with Crippen LogP contribution in [0.1, 0.15) is 46.5 Å². The van der Waals surface area contributed by atoms with E-state index in [2.05, 4.69) is 4.98 Å². The van der Waals surface area contributed by atoms with Gasteiger partial charge in [-0.2, -0.15) is 0 Å². The Bertz CT molecular complexity index is 512. The van der Waals surface area contributed by atoms with E-state index in [9.17, 15) is 9.59 Å². The molecule has 19 heavy (non-hydrogen) atoms. The maximum Gasteiger partial charge on any atom is 0.337 e. The highest BCUT2D eigenvalue weighted by Crippen LogP contribution is 2.38. The first-order valence-electron chi connectivity index (χ1n) is 6.67. The lowest BCUT2D eigenvalue weighted by atomic mass is 10.0. The molecule has 1 N–H and O–H groups in total. The van der Waals surface area contributed by atoms with E-state index < -0.39 is 5.97 Å². The molecule has 2 heterocycles. The van der Waals surface area contributed by atoms with Crippen molar-refractivity contribution in [2.75, 3.05) is 6.54 Å². The molecule has 1 amide bonds. The fourth-order valence-electron chi connectivity index (χ4n) is 3.28. The van der Waals surface area contributed by atoms with Crippen LogP contribution in [0, 0.1) is 5.92 Å². The zero-order chi connectivity index (χ0) is 13.4. The lowest BCUT2D eigenvalue weighted by molar-refractivity contribution is 0.0689. The number of aromatic nitrogens is 1. The second-order valence-corrected chi connectivity index (χ2v) is 5.28. The number of pyridine rings is 1. The molecule has 5 heteroatoms. The molecule has 1 aromatic heterocycles. The lowest BCUT2D eigenvalue weighted by Crippen LogP contribution is -2.36. The molecule has 2 atom stereocenters. The van der Waals surface area contributed by atoms with Gasteiger partial charge in [0.1, 0.15) is 5.69 Å². The summed E-state index contributed by atoms with van der Waals surface area (Å²) < 4.78 is 0. The van der Waals surface area contributed by atoms with Crippen LogP contribution in [0.15, 0.2) is 18.3 Å². The summed E-state index contributed by atoms with van der Waals surface area (Å²) in [5.41, 5.74) is 0.453. The van der Waals surface area contributed by atoms with Gasteiger partial charge in [-0.3, -0.25) is 9.78 Å². The fourth-order valence-corrected chi connectivity index (χ4v) is 3.28. The first kappa shape index (κ1) is 12.1. The molecule has 1 aliphatic carbocycles. The molecular formula is C14H16N2O3. The molecule has 2 unspecified atom stereocenters. The molecule has 2 fully saturated rings. The van der Waals surface area contributed by atoms with Gasteiger partial charge < -0.3 is 10.0 Å². The number of nitrogens with zero attached hydrogens (tertiary/aromatic N) is 2. The Morgan fingerprint density at radius 2 is 2.11 bits per heavy atom. The van der Waals surface area contributed by atoms with Crippen LogP contribution in [-0.2, 0) is 0 Å². The molecule has 1 saturated heterocycles. The van der Waals surface area contributed by atoms with Crippen molar-refractivity contribution in [1.82, 2.24) is 9.88 Å². The van der Waals surface area contributed by atoms with Crippen LogP contribution in [0.2, 0.25) is 0 Å². The highest BCUT2D eigenvalue weighted by Gasteiger charge is 2.40. The Morgan fingerprint density at radius 1 is 1.26 bits per heavy atom. The van der Waals surface area contributed by atoms with E-state index in [-0.39, 0.29) is 11.5 Å². The van der Waals surface area contributed by atoms with Gasteiger partial charge in [0, 0.05) is 18.8 Å². The molecule has 2 aliphatic rings. The minimum Gasteiger partial charge on any atom is -0.478 e. The highest BCUT2D eigenvalue weighted by molar-refractivity contribution is 5.94. The van der Waals surface area contributed by atoms with Gasteiger partial charge in [-0.15, -0.1) is 0 Å². The van der Waals surface area contributed by atoms with Crippen LogP contribution < -0.4 is 0 Å². The van der Waals surface area contributed by atoms with Gasteiger partial charge in [0.15, 0.2) is 0 Å². The van der Waals surface area contributed by atoms with Gasteiger partial charge >= 0.3 is 5.97 Å². The van der Waals surface area contributed by atoms with Crippen molar-refractivity contribution in [1.29, 1.82) is 0 Å². The normalized spacial score (nSPS) is 25.4. The van der Waals surface area contributed by atoms with Crippen molar-refractivity contribution < 1.29 is 14.7 Å². The van der Waals surface area contributed by atoms with Crippen molar-refractivity contribution in [3.8, 4) is 0 Å². The third-order valence-corrected chi connectivity index (χ3v) is 4.25. The molecule has 1 aromatic rings. The molecule has 0 radical (unpaired) electrons. The number of fused-ring (bicyclic) bond motifs is 1. The number of hydrogen-bond acceptors (Lipinski definition) is 3. The Balaban J connectivity index is 1.78. The monoisotopic (exact) mass is 260 g/mol. The predicted octanol–water partition coefficient (Wildman–Crippen LogP) is 1.79. The lowest BCUT2D eigenvalue weighted by Gasteiger charge is -2.23. The number of carbonyl (C=O) groups is 2. The highest BCUT2D eigenvalue weighted by atomic mass is 16.4. The third-order valence-electron chi connectivity index (χ3n) is 4.25. The maximum absolute atomic E-state index is 12.4. The summed E-state index contributed by atoms with van der Waals surface area (Å²) in [5.74, 6) is -0.433. The molecule has 1 saturated carbocycles. The van der Waals surface area contributed by atoms with Crippen molar-refractivity contribution in [3.05, 3.63) is 29.6 Å². The van der Waals surface area contributed by atoms with Crippen molar-refractivity contribution in [2.24, 2.45) is 5.92 Å². The largest absolute Gasteiger partial charge is 0.478 e. The van der Waals surface area contributed by atoms with Crippen LogP contribution in [0.25, 0.3) is 0 Å². The number of rotatable bonds is 2. The third kappa shape index (κ3) is 2.09. The van der Waals surface area contributed by atoms with Gasteiger partial charge in [0.05, 0.1) is 5.56 Å².